The third kappa shape index (κ3) is 3.11. The van der Waals surface area contributed by atoms with Crippen molar-refractivity contribution in [3.05, 3.63) is 23.8 Å². The van der Waals surface area contributed by atoms with E-state index < -0.39 is 12.2 Å². The van der Waals surface area contributed by atoms with E-state index in [9.17, 15) is 13.9 Å². The van der Waals surface area contributed by atoms with E-state index in [1.807, 2.05) is 0 Å². The number of β-amino-alcohol motifs (C(OH)–C–C–N with tert-alkyl or cyclic N) is 1. The second-order valence-corrected chi connectivity index (χ2v) is 5.89. The largest absolute Gasteiger partial charge is 0.493 e. The van der Waals surface area contributed by atoms with Crippen molar-refractivity contribution in [3.63, 3.8) is 0 Å². The number of hydrogen-bond acceptors (Lipinski definition) is 4. The van der Waals surface area contributed by atoms with E-state index in [1.165, 1.54) is 13.2 Å². The van der Waals surface area contributed by atoms with Crippen LogP contribution in [0.25, 0.3) is 0 Å². The van der Waals surface area contributed by atoms with Gasteiger partial charge in [-0.05, 0) is 36.5 Å². The number of benzene rings is 1. The minimum atomic E-state index is -2.87. The molecule has 1 aliphatic carbocycles. The van der Waals surface area contributed by atoms with Crippen LogP contribution in [0.3, 0.4) is 0 Å². The monoisotopic (exact) mass is 299 g/mol. The Kier molecular flexibility index (Phi) is 3.75. The molecule has 0 aromatic heterocycles. The number of hydrogen-bond donors (Lipinski definition) is 1. The van der Waals surface area contributed by atoms with Crippen LogP contribution in [0.1, 0.15) is 18.4 Å². The highest BCUT2D eigenvalue weighted by molar-refractivity contribution is 5.43. The molecule has 1 heterocycles. The van der Waals surface area contributed by atoms with Gasteiger partial charge in [0.25, 0.3) is 0 Å². The van der Waals surface area contributed by atoms with Crippen molar-refractivity contribution in [2.45, 2.75) is 31.6 Å². The number of likely N-dealkylation sites (tertiary alicyclic amines) is 1. The molecule has 2 fully saturated rings. The molecule has 1 aliphatic heterocycles. The van der Waals surface area contributed by atoms with Gasteiger partial charge in [0.2, 0.25) is 0 Å². The van der Waals surface area contributed by atoms with E-state index in [4.69, 9.17) is 4.74 Å². The van der Waals surface area contributed by atoms with Gasteiger partial charge in [-0.25, -0.2) is 0 Å². The molecule has 0 spiro atoms. The summed E-state index contributed by atoms with van der Waals surface area (Å²) in [5, 5.41) is 10.3. The fourth-order valence-electron chi connectivity index (χ4n) is 2.98. The standard InChI is InChI=1S/C15H19F2NO3/c1-20-13-6-10(2-5-12(13)21-14(16)17)7-18-8-15(19,9-18)11-3-4-11/h2,5-6,11,14,19H,3-4,7-9H2,1H3. The second-order valence-electron chi connectivity index (χ2n) is 5.89. The Morgan fingerprint density at radius 1 is 1.33 bits per heavy atom. The van der Waals surface area contributed by atoms with E-state index in [0.717, 1.165) is 18.4 Å². The average Bonchev–Trinajstić information content (AvgIpc) is 3.22. The van der Waals surface area contributed by atoms with Crippen molar-refractivity contribution in [1.29, 1.82) is 0 Å². The summed E-state index contributed by atoms with van der Waals surface area (Å²) in [7, 11) is 1.42. The summed E-state index contributed by atoms with van der Waals surface area (Å²) < 4.78 is 34.0. The zero-order valence-corrected chi connectivity index (χ0v) is 11.9. The average molecular weight is 299 g/mol. The highest BCUT2D eigenvalue weighted by Gasteiger charge is 2.51. The summed E-state index contributed by atoms with van der Waals surface area (Å²) in [6.07, 6.45) is 2.25. The molecule has 4 nitrogen and oxygen atoms in total. The molecule has 6 heteroatoms. The second kappa shape index (κ2) is 5.42. The van der Waals surface area contributed by atoms with Crippen LogP contribution in [-0.4, -0.2) is 42.4 Å². The van der Waals surface area contributed by atoms with Gasteiger partial charge >= 0.3 is 6.61 Å². The Labute approximate surface area is 122 Å². The molecule has 21 heavy (non-hydrogen) atoms. The first-order valence-electron chi connectivity index (χ1n) is 7.06. The number of aliphatic hydroxyl groups is 1. The summed E-state index contributed by atoms with van der Waals surface area (Å²) in [5.41, 5.74) is 0.439. The molecule has 0 bridgehead atoms. The Hall–Kier alpha value is -1.40. The van der Waals surface area contributed by atoms with Gasteiger partial charge in [0.1, 0.15) is 0 Å². The van der Waals surface area contributed by atoms with E-state index in [1.54, 1.807) is 12.1 Å². The number of alkyl halides is 2. The highest BCUT2D eigenvalue weighted by atomic mass is 19.3. The minimum Gasteiger partial charge on any atom is -0.493 e. The van der Waals surface area contributed by atoms with Crippen LogP contribution >= 0.6 is 0 Å². The van der Waals surface area contributed by atoms with Crippen molar-refractivity contribution < 1.29 is 23.4 Å². The Bertz CT molecular complexity index is 514. The summed E-state index contributed by atoms with van der Waals surface area (Å²) in [5.74, 6) is 0.797. The van der Waals surface area contributed by atoms with Gasteiger partial charge in [0, 0.05) is 19.6 Å². The predicted molar refractivity (Wildman–Crippen MR) is 72.6 cm³/mol. The van der Waals surface area contributed by atoms with Gasteiger partial charge in [0.15, 0.2) is 11.5 Å². The van der Waals surface area contributed by atoms with Gasteiger partial charge < -0.3 is 14.6 Å². The van der Waals surface area contributed by atoms with Crippen molar-refractivity contribution in [3.8, 4) is 11.5 Å². The zero-order chi connectivity index (χ0) is 15.0. The molecule has 1 aromatic carbocycles. The van der Waals surface area contributed by atoms with Crippen LogP contribution in [0, 0.1) is 5.92 Å². The lowest BCUT2D eigenvalue weighted by molar-refractivity contribution is -0.116. The smallest absolute Gasteiger partial charge is 0.387 e. The summed E-state index contributed by atoms with van der Waals surface area (Å²) in [6.45, 7) is -0.848. The van der Waals surface area contributed by atoms with Gasteiger partial charge in [-0.1, -0.05) is 6.07 Å². The fourth-order valence-corrected chi connectivity index (χ4v) is 2.98. The summed E-state index contributed by atoms with van der Waals surface area (Å²) in [4.78, 5) is 2.14. The van der Waals surface area contributed by atoms with Crippen molar-refractivity contribution in [2.24, 2.45) is 5.92 Å². The minimum absolute atomic E-state index is 0.0364. The van der Waals surface area contributed by atoms with Crippen molar-refractivity contribution in [2.75, 3.05) is 20.2 Å². The highest BCUT2D eigenvalue weighted by Crippen LogP contribution is 2.45. The van der Waals surface area contributed by atoms with E-state index in [0.29, 0.717) is 31.3 Å². The Morgan fingerprint density at radius 3 is 2.62 bits per heavy atom. The van der Waals surface area contributed by atoms with Gasteiger partial charge in [-0.3, -0.25) is 4.90 Å². The normalized spacial score (nSPS) is 21.2. The van der Waals surface area contributed by atoms with Crippen molar-refractivity contribution >= 4 is 0 Å². The molecule has 2 aliphatic rings. The molecular formula is C15H19F2NO3. The Balaban J connectivity index is 1.61. The van der Waals surface area contributed by atoms with Crippen LogP contribution in [0.15, 0.2) is 18.2 Å². The first-order chi connectivity index (χ1) is 10.00. The first kappa shape index (κ1) is 14.5. The van der Waals surface area contributed by atoms with Crippen LogP contribution < -0.4 is 9.47 Å². The lowest BCUT2D eigenvalue weighted by atomic mass is 9.88. The van der Waals surface area contributed by atoms with Crippen molar-refractivity contribution in [1.82, 2.24) is 4.90 Å². The number of rotatable bonds is 6. The maximum atomic E-state index is 12.3. The summed E-state index contributed by atoms with van der Waals surface area (Å²) >= 11 is 0. The van der Waals surface area contributed by atoms with Crippen LogP contribution in [0.2, 0.25) is 0 Å². The molecule has 1 saturated heterocycles. The van der Waals surface area contributed by atoms with Crippen LogP contribution in [0.4, 0.5) is 8.78 Å². The molecule has 116 valence electrons. The van der Waals surface area contributed by atoms with Gasteiger partial charge in [0.05, 0.1) is 12.7 Å². The van der Waals surface area contributed by atoms with E-state index >= 15 is 0 Å². The molecule has 1 saturated carbocycles. The van der Waals surface area contributed by atoms with Crippen LogP contribution in [0.5, 0.6) is 11.5 Å². The molecule has 0 radical (unpaired) electrons. The lowest BCUT2D eigenvalue weighted by Crippen LogP contribution is -2.62. The third-order valence-corrected chi connectivity index (χ3v) is 4.18. The topological polar surface area (TPSA) is 41.9 Å². The molecule has 0 amide bonds. The number of halogens is 2. The fraction of sp³-hybridized carbons (Fsp3) is 0.600. The molecule has 3 rings (SSSR count). The number of ether oxygens (including phenoxy) is 2. The third-order valence-electron chi connectivity index (χ3n) is 4.18. The zero-order valence-electron chi connectivity index (χ0n) is 11.9. The molecule has 1 N–H and O–H groups in total. The predicted octanol–water partition coefficient (Wildman–Crippen LogP) is 2.25. The van der Waals surface area contributed by atoms with Gasteiger partial charge in [-0.2, -0.15) is 8.78 Å². The molecule has 1 aromatic rings. The van der Waals surface area contributed by atoms with Crippen LogP contribution in [-0.2, 0) is 6.54 Å². The summed E-state index contributed by atoms with van der Waals surface area (Å²) in [6, 6.07) is 4.94. The molecule has 0 unspecified atom stereocenters. The molecular weight excluding hydrogens is 280 g/mol. The number of nitrogens with zero attached hydrogens (tertiary/aromatic N) is 1. The van der Waals surface area contributed by atoms with E-state index in [-0.39, 0.29) is 5.75 Å². The van der Waals surface area contributed by atoms with Gasteiger partial charge in [-0.15, -0.1) is 0 Å². The van der Waals surface area contributed by atoms with E-state index in [2.05, 4.69) is 9.64 Å². The maximum Gasteiger partial charge on any atom is 0.387 e. The molecule has 0 atom stereocenters. The SMILES string of the molecule is COc1cc(CN2CC(O)(C3CC3)C2)ccc1OC(F)F. The maximum absolute atomic E-state index is 12.3. The Morgan fingerprint density at radius 2 is 2.05 bits per heavy atom. The quantitative estimate of drug-likeness (QED) is 0.875. The lowest BCUT2D eigenvalue weighted by Gasteiger charge is -2.47. The number of methoxy groups -OCH3 is 1. The first-order valence-corrected chi connectivity index (χ1v) is 7.06.